The van der Waals surface area contributed by atoms with Crippen molar-refractivity contribution in [1.82, 2.24) is 29.5 Å². The number of aromatic nitrogens is 6. The molecule has 0 aliphatic rings. The molecule has 0 saturated carbocycles. The van der Waals surface area contributed by atoms with Crippen LogP contribution >= 0.6 is 0 Å². The van der Waals surface area contributed by atoms with E-state index in [1.54, 1.807) is 29.4 Å². The van der Waals surface area contributed by atoms with Crippen molar-refractivity contribution < 1.29 is 9.90 Å². The molecule has 0 spiro atoms. The van der Waals surface area contributed by atoms with E-state index in [2.05, 4.69) is 20.2 Å². The summed E-state index contributed by atoms with van der Waals surface area (Å²) in [6, 6.07) is 0. The van der Waals surface area contributed by atoms with E-state index in [4.69, 9.17) is 0 Å². The molecule has 3 aromatic heterocycles. The van der Waals surface area contributed by atoms with E-state index >= 15 is 0 Å². The van der Waals surface area contributed by atoms with Gasteiger partial charge >= 0.3 is 5.97 Å². The summed E-state index contributed by atoms with van der Waals surface area (Å²) in [5.74, 6) is 0.219. The molecule has 0 aliphatic heterocycles. The second-order valence-corrected chi connectivity index (χ2v) is 5.20. The fourth-order valence-electron chi connectivity index (χ4n) is 2.57. The monoisotopic (exact) mass is 300 g/mol. The summed E-state index contributed by atoms with van der Waals surface area (Å²) in [5, 5.41) is 17.8. The number of nitrogens with zero attached hydrogens (tertiary/aromatic N) is 5. The zero-order valence-electron chi connectivity index (χ0n) is 12.7. The van der Waals surface area contributed by atoms with Crippen LogP contribution in [0.5, 0.6) is 0 Å². The van der Waals surface area contributed by atoms with E-state index in [0.717, 1.165) is 16.9 Å². The first-order valence-electron chi connectivity index (χ1n) is 6.74. The number of carbonyl (C=O) groups is 1. The molecule has 0 radical (unpaired) electrons. The lowest BCUT2D eigenvalue weighted by atomic mass is 10.1. The normalized spacial score (nSPS) is 11.1. The Morgan fingerprint density at radius 3 is 2.59 bits per heavy atom. The van der Waals surface area contributed by atoms with E-state index < -0.39 is 5.97 Å². The Balaban J connectivity index is 2.24. The van der Waals surface area contributed by atoms with E-state index in [1.165, 1.54) is 0 Å². The molecule has 8 heteroatoms. The van der Waals surface area contributed by atoms with Crippen LogP contribution in [0.15, 0.2) is 12.4 Å². The zero-order chi connectivity index (χ0) is 16.0. The van der Waals surface area contributed by atoms with Crippen molar-refractivity contribution in [2.75, 3.05) is 0 Å². The predicted molar refractivity (Wildman–Crippen MR) is 79.1 cm³/mol. The number of rotatable bonds is 3. The van der Waals surface area contributed by atoms with Crippen molar-refractivity contribution >= 4 is 5.97 Å². The highest BCUT2D eigenvalue weighted by Crippen LogP contribution is 2.29. The van der Waals surface area contributed by atoms with Crippen molar-refractivity contribution in [2.45, 2.75) is 20.8 Å². The SMILES string of the molecule is Cc1nc(-c2c(C)[nH]c(C(=O)O)c2C)n(-c2cnn(C)c2)n1. The number of carboxylic acid groups (broad SMARTS) is 1. The van der Waals surface area contributed by atoms with Crippen molar-refractivity contribution in [2.24, 2.45) is 7.05 Å². The number of carboxylic acids is 1. The summed E-state index contributed by atoms with van der Waals surface area (Å²) in [5.41, 5.74) is 3.08. The lowest BCUT2D eigenvalue weighted by molar-refractivity contribution is 0.0690. The molecule has 0 unspecified atom stereocenters. The first-order valence-corrected chi connectivity index (χ1v) is 6.74. The van der Waals surface area contributed by atoms with Crippen molar-refractivity contribution in [1.29, 1.82) is 0 Å². The highest BCUT2D eigenvalue weighted by molar-refractivity contribution is 5.90. The quantitative estimate of drug-likeness (QED) is 0.765. The third kappa shape index (κ3) is 2.09. The molecular weight excluding hydrogens is 284 g/mol. The van der Waals surface area contributed by atoms with E-state index in [-0.39, 0.29) is 5.69 Å². The minimum Gasteiger partial charge on any atom is -0.477 e. The summed E-state index contributed by atoms with van der Waals surface area (Å²) < 4.78 is 3.35. The molecule has 22 heavy (non-hydrogen) atoms. The van der Waals surface area contributed by atoms with Crippen LogP contribution in [-0.2, 0) is 7.05 Å². The summed E-state index contributed by atoms with van der Waals surface area (Å²) in [6.45, 7) is 5.39. The number of aromatic amines is 1. The molecule has 0 aromatic carbocycles. The van der Waals surface area contributed by atoms with Crippen LogP contribution in [0.4, 0.5) is 0 Å². The van der Waals surface area contributed by atoms with Crippen LogP contribution in [0.1, 0.15) is 27.6 Å². The summed E-state index contributed by atoms with van der Waals surface area (Å²) in [6.07, 6.45) is 3.51. The van der Waals surface area contributed by atoms with Gasteiger partial charge in [0.05, 0.1) is 12.4 Å². The average Bonchev–Trinajstić information content (AvgIpc) is 3.08. The standard InChI is InChI=1S/C14H16N6O2/c1-7-11(8(2)16-12(7)14(21)22)13-17-9(3)18-20(13)10-5-15-19(4)6-10/h5-6,16H,1-4H3,(H,21,22). The fourth-order valence-corrected chi connectivity index (χ4v) is 2.57. The topological polar surface area (TPSA) is 102 Å². The molecule has 2 N–H and O–H groups in total. The third-order valence-corrected chi connectivity index (χ3v) is 3.52. The Hall–Kier alpha value is -2.90. The molecule has 3 aromatic rings. The molecule has 114 valence electrons. The molecule has 0 aliphatic carbocycles. The second kappa shape index (κ2) is 4.83. The van der Waals surface area contributed by atoms with Gasteiger partial charge in [0, 0.05) is 18.3 Å². The third-order valence-electron chi connectivity index (χ3n) is 3.52. The van der Waals surface area contributed by atoms with Crippen LogP contribution in [-0.4, -0.2) is 40.6 Å². The number of H-pyrrole nitrogens is 1. The Kier molecular flexibility index (Phi) is 3.09. The smallest absolute Gasteiger partial charge is 0.352 e. The number of hydrogen-bond donors (Lipinski definition) is 2. The van der Waals surface area contributed by atoms with Gasteiger partial charge in [0.15, 0.2) is 5.82 Å². The Labute approximate surface area is 126 Å². The van der Waals surface area contributed by atoms with Gasteiger partial charge in [-0.25, -0.2) is 14.5 Å². The average molecular weight is 300 g/mol. The van der Waals surface area contributed by atoms with Gasteiger partial charge in [-0.1, -0.05) is 0 Å². The summed E-state index contributed by atoms with van der Waals surface area (Å²) in [7, 11) is 1.82. The van der Waals surface area contributed by atoms with Gasteiger partial charge in [-0.05, 0) is 26.3 Å². The lowest BCUT2D eigenvalue weighted by Crippen LogP contribution is -2.01. The largest absolute Gasteiger partial charge is 0.477 e. The summed E-state index contributed by atoms with van der Waals surface area (Å²) in [4.78, 5) is 18.7. The van der Waals surface area contributed by atoms with Gasteiger partial charge in [0.25, 0.3) is 0 Å². The van der Waals surface area contributed by atoms with Crippen LogP contribution in [0, 0.1) is 20.8 Å². The minimum atomic E-state index is -0.990. The minimum absolute atomic E-state index is 0.172. The molecule has 0 fully saturated rings. The number of nitrogens with one attached hydrogen (secondary N) is 1. The van der Waals surface area contributed by atoms with Crippen LogP contribution in [0.3, 0.4) is 0 Å². The Morgan fingerprint density at radius 2 is 2.05 bits per heavy atom. The molecule has 8 nitrogen and oxygen atoms in total. The molecule has 0 bridgehead atoms. The molecule has 0 atom stereocenters. The summed E-state index contributed by atoms with van der Waals surface area (Å²) >= 11 is 0. The van der Waals surface area contributed by atoms with Crippen molar-refractivity contribution in [3.8, 4) is 17.1 Å². The van der Waals surface area contributed by atoms with E-state index in [1.807, 2.05) is 20.2 Å². The molecule has 3 heterocycles. The molecule has 0 saturated heterocycles. The fraction of sp³-hybridized carbons (Fsp3) is 0.286. The van der Waals surface area contributed by atoms with Crippen molar-refractivity contribution in [3.05, 3.63) is 35.2 Å². The van der Waals surface area contributed by atoms with E-state index in [9.17, 15) is 9.90 Å². The maximum atomic E-state index is 11.3. The molecule has 3 rings (SSSR count). The van der Waals surface area contributed by atoms with E-state index in [0.29, 0.717) is 17.2 Å². The van der Waals surface area contributed by atoms with Crippen LogP contribution in [0.2, 0.25) is 0 Å². The molecule has 0 amide bonds. The highest BCUT2D eigenvalue weighted by Gasteiger charge is 2.23. The zero-order valence-corrected chi connectivity index (χ0v) is 12.7. The Morgan fingerprint density at radius 1 is 1.32 bits per heavy atom. The maximum absolute atomic E-state index is 11.3. The number of aromatic carboxylic acids is 1. The number of hydrogen-bond acceptors (Lipinski definition) is 4. The maximum Gasteiger partial charge on any atom is 0.352 e. The van der Waals surface area contributed by atoms with Gasteiger partial charge in [0.2, 0.25) is 0 Å². The first-order chi connectivity index (χ1) is 10.4. The van der Waals surface area contributed by atoms with Gasteiger partial charge in [-0.15, -0.1) is 0 Å². The predicted octanol–water partition coefficient (Wildman–Crippen LogP) is 1.62. The van der Waals surface area contributed by atoms with Crippen molar-refractivity contribution in [3.63, 3.8) is 0 Å². The first kappa shape index (κ1) is 14.1. The van der Waals surface area contributed by atoms with Gasteiger partial charge < -0.3 is 10.1 Å². The van der Waals surface area contributed by atoms with Crippen LogP contribution in [0.25, 0.3) is 17.1 Å². The number of aryl methyl sites for hydroxylation is 3. The molecular formula is C14H16N6O2. The second-order valence-electron chi connectivity index (χ2n) is 5.20. The van der Waals surface area contributed by atoms with Gasteiger partial charge in [-0.3, -0.25) is 4.68 Å². The van der Waals surface area contributed by atoms with Gasteiger partial charge in [-0.2, -0.15) is 10.2 Å². The Bertz CT molecular complexity index is 870. The van der Waals surface area contributed by atoms with Crippen LogP contribution < -0.4 is 0 Å². The lowest BCUT2D eigenvalue weighted by Gasteiger charge is -2.04. The van der Waals surface area contributed by atoms with Gasteiger partial charge in [0.1, 0.15) is 17.2 Å². The highest BCUT2D eigenvalue weighted by atomic mass is 16.4.